The highest BCUT2D eigenvalue weighted by Crippen LogP contribution is 2.43. The molecule has 0 atom stereocenters. The SMILES string of the molecule is CCS(=O)(=O)c1ccc(/N=N/c2c(NC)ccc3c(O)c(/N=N/c4ccccc4O)ccc23)c(C)c1. The average molecular weight is 504 g/mol. The number of nitrogens with one attached hydrogen (secondary N) is 1. The first kappa shape index (κ1) is 24.8. The maximum absolute atomic E-state index is 12.2. The van der Waals surface area contributed by atoms with Crippen LogP contribution >= 0.6 is 0 Å². The Morgan fingerprint density at radius 1 is 0.806 bits per heavy atom. The molecule has 0 bridgehead atoms. The number of phenols is 2. The molecule has 0 aromatic heterocycles. The number of hydrogen-bond acceptors (Lipinski definition) is 9. The van der Waals surface area contributed by atoms with Gasteiger partial charge in [-0.2, -0.15) is 5.11 Å². The molecule has 0 saturated heterocycles. The van der Waals surface area contributed by atoms with Crippen molar-refractivity contribution in [3.05, 3.63) is 72.3 Å². The van der Waals surface area contributed by atoms with Crippen molar-refractivity contribution in [2.75, 3.05) is 18.1 Å². The minimum absolute atomic E-state index is 0.0153. The lowest BCUT2D eigenvalue weighted by atomic mass is 10.1. The van der Waals surface area contributed by atoms with Gasteiger partial charge in [0, 0.05) is 17.8 Å². The van der Waals surface area contributed by atoms with E-state index in [-0.39, 0.29) is 33.5 Å². The third-order valence-corrected chi connectivity index (χ3v) is 7.44. The first-order valence-corrected chi connectivity index (χ1v) is 12.8. The van der Waals surface area contributed by atoms with Crippen LogP contribution in [0.25, 0.3) is 10.8 Å². The van der Waals surface area contributed by atoms with Crippen LogP contribution in [0.15, 0.2) is 92.1 Å². The van der Waals surface area contributed by atoms with Gasteiger partial charge in [-0.3, -0.25) is 0 Å². The van der Waals surface area contributed by atoms with Crippen LogP contribution in [0.5, 0.6) is 11.5 Å². The number of nitrogens with zero attached hydrogens (tertiary/aromatic N) is 4. The van der Waals surface area contributed by atoms with Crippen molar-refractivity contribution in [1.29, 1.82) is 0 Å². The first-order chi connectivity index (χ1) is 17.2. The third kappa shape index (κ3) is 4.89. The summed E-state index contributed by atoms with van der Waals surface area (Å²) >= 11 is 0. The molecule has 3 N–H and O–H groups in total. The summed E-state index contributed by atoms with van der Waals surface area (Å²) in [4.78, 5) is 0.248. The van der Waals surface area contributed by atoms with Crippen molar-refractivity contribution in [2.24, 2.45) is 20.5 Å². The van der Waals surface area contributed by atoms with Crippen molar-refractivity contribution in [1.82, 2.24) is 0 Å². The van der Waals surface area contributed by atoms with Gasteiger partial charge in [0.1, 0.15) is 22.8 Å². The van der Waals surface area contributed by atoms with E-state index in [1.807, 2.05) is 0 Å². The van der Waals surface area contributed by atoms with Gasteiger partial charge in [-0.05, 0) is 67.1 Å². The molecule has 0 unspecified atom stereocenters. The van der Waals surface area contributed by atoms with E-state index in [0.29, 0.717) is 33.4 Å². The normalized spacial score (nSPS) is 12.1. The fraction of sp³-hybridized carbons (Fsp3) is 0.154. The Balaban J connectivity index is 1.74. The predicted octanol–water partition coefficient (Wildman–Crippen LogP) is 7.23. The Morgan fingerprint density at radius 2 is 1.47 bits per heavy atom. The average Bonchev–Trinajstić information content (AvgIpc) is 2.88. The molecule has 9 nitrogen and oxygen atoms in total. The van der Waals surface area contributed by atoms with E-state index in [4.69, 9.17) is 0 Å². The molecule has 4 rings (SSSR count). The van der Waals surface area contributed by atoms with Crippen molar-refractivity contribution < 1.29 is 18.6 Å². The monoisotopic (exact) mass is 503 g/mol. The lowest BCUT2D eigenvalue weighted by molar-refractivity contribution is 0.475. The first-order valence-electron chi connectivity index (χ1n) is 11.2. The molecule has 0 aliphatic carbocycles. The van der Waals surface area contributed by atoms with Crippen LogP contribution in [0.2, 0.25) is 0 Å². The van der Waals surface area contributed by atoms with E-state index in [1.165, 1.54) is 12.1 Å². The summed E-state index contributed by atoms with van der Waals surface area (Å²) in [7, 11) is -1.56. The van der Waals surface area contributed by atoms with Crippen LogP contribution < -0.4 is 5.32 Å². The van der Waals surface area contributed by atoms with Crippen LogP contribution in [-0.2, 0) is 9.84 Å². The van der Waals surface area contributed by atoms with Crippen molar-refractivity contribution in [3.8, 4) is 11.5 Å². The summed E-state index contributed by atoms with van der Waals surface area (Å²) in [5.41, 5.74) is 2.91. The second-order valence-corrected chi connectivity index (χ2v) is 10.3. The topological polar surface area (TPSA) is 136 Å². The molecule has 0 aliphatic heterocycles. The molecule has 0 spiro atoms. The summed E-state index contributed by atoms with van der Waals surface area (Å²) in [6.07, 6.45) is 0. The van der Waals surface area contributed by atoms with Gasteiger partial charge in [0.15, 0.2) is 15.6 Å². The molecule has 0 saturated carbocycles. The molecular formula is C26H25N5O4S. The Hall–Kier alpha value is -4.31. The number of phenolic OH excluding ortho intramolecular Hbond substituents is 2. The number of azo groups is 2. The van der Waals surface area contributed by atoms with Gasteiger partial charge in [-0.15, -0.1) is 15.3 Å². The second kappa shape index (κ2) is 10.1. The zero-order chi connectivity index (χ0) is 25.9. The van der Waals surface area contributed by atoms with Crippen molar-refractivity contribution >= 4 is 49.0 Å². The van der Waals surface area contributed by atoms with Crippen LogP contribution in [0.4, 0.5) is 28.4 Å². The molecule has 10 heteroatoms. The van der Waals surface area contributed by atoms with E-state index in [9.17, 15) is 18.6 Å². The van der Waals surface area contributed by atoms with E-state index in [0.717, 1.165) is 0 Å². The molecule has 0 aliphatic rings. The van der Waals surface area contributed by atoms with E-state index in [2.05, 4.69) is 25.8 Å². The van der Waals surface area contributed by atoms with Gasteiger partial charge in [0.2, 0.25) is 0 Å². The standard InChI is InChI=1S/C26H25N5O4S/c1-4-36(34,35)17-9-12-20(16(2)15-17)28-31-25-18-10-14-23(26(33)19(18)11-13-22(25)27-3)30-29-21-7-5-6-8-24(21)32/h5-15,27,32-33H,4H2,1-3H3/b30-29+,31-28+. The molecule has 184 valence electrons. The zero-order valence-corrected chi connectivity index (χ0v) is 20.8. The second-order valence-electron chi connectivity index (χ2n) is 7.98. The van der Waals surface area contributed by atoms with Gasteiger partial charge in [-0.25, -0.2) is 8.42 Å². The molecular weight excluding hydrogens is 478 g/mol. The van der Waals surface area contributed by atoms with Crippen LogP contribution in [0.3, 0.4) is 0 Å². The molecule has 4 aromatic rings. The highest BCUT2D eigenvalue weighted by molar-refractivity contribution is 7.91. The van der Waals surface area contributed by atoms with Crippen LogP contribution in [-0.4, -0.2) is 31.4 Å². The molecule has 0 radical (unpaired) electrons. The van der Waals surface area contributed by atoms with Gasteiger partial charge < -0.3 is 15.5 Å². The van der Waals surface area contributed by atoms with E-state index >= 15 is 0 Å². The Bertz CT molecular complexity index is 1610. The summed E-state index contributed by atoms with van der Waals surface area (Å²) < 4.78 is 24.3. The van der Waals surface area contributed by atoms with Crippen LogP contribution in [0.1, 0.15) is 12.5 Å². The number of rotatable bonds is 7. The number of hydrogen-bond donors (Lipinski definition) is 3. The largest absolute Gasteiger partial charge is 0.506 e. The highest BCUT2D eigenvalue weighted by atomic mass is 32.2. The summed E-state index contributed by atoms with van der Waals surface area (Å²) in [6, 6.07) is 18.1. The lowest BCUT2D eigenvalue weighted by Crippen LogP contribution is -2.03. The Morgan fingerprint density at radius 3 is 2.17 bits per heavy atom. The number of sulfone groups is 1. The number of fused-ring (bicyclic) bond motifs is 1. The molecule has 36 heavy (non-hydrogen) atoms. The zero-order valence-electron chi connectivity index (χ0n) is 20.0. The van der Waals surface area contributed by atoms with Gasteiger partial charge in [-0.1, -0.05) is 19.1 Å². The Kier molecular flexibility index (Phi) is 6.98. The smallest absolute Gasteiger partial charge is 0.178 e. The summed E-state index contributed by atoms with van der Waals surface area (Å²) in [5, 5.41) is 41.9. The molecule has 0 heterocycles. The van der Waals surface area contributed by atoms with Gasteiger partial charge >= 0.3 is 0 Å². The predicted molar refractivity (Wildman–Crippen MR) is 141 cm³/mol. The molecule has 0 amide bonds. The maximum atomic E-state index is 12.2. The van der Waals surface area contributed by atoms with Gasteiger partial charge in [0.25, 0.3) is 0 Å². The van der Waals surface area contributed by atoms with Crippen LogP contribution in [0, 0.1) is 6.92 Å². The molecule has 0 fully saturated rings. The Labute approximate surface area is 208 Å². The summed E-state index contributed by atoms with van der Waals surface area (Å²) in [6.45, 7) is 3.38. The highest BCUT2D eigenvalue weighted by Gasteiger charge is 2.15. The van der Waals surface area contributed by atoms with E-state index < -0.39 is 9.84 Å². The molecule has 4 aromatic carbocycles. The summed E-state index contributed by atoms with van der Waals surface area (Å²) in [5.74, 6) is -0.0820. The number of anilines is 1. The number of aromatic hydroxyl groups is 2. The number of benzene rings is 4. The third-order valence-electron chi connectivity index (χ3n) is 5.70. The van der Waals surface area contributed by atoms with Crippen molar-refractivity contribution in [3.63, 3.8) is 0 Å². The van der Waals surface area contributed by atoms with Crippen molar-refractivity contribution in [2.45, 2.75) is 18.7 Å². The number of para-hydroxylation sites is 1. The fourth-order valence-electron chi connectivity index (χ4n) is 3.61. The maximum Gasteiger partial charge on any atom is 0.178 e. The number of aryl methyl sites for hydroxylation is 1. The quantitative estimate of drug-likeness (QED) is 0.229. The van der Waals surface area contributed by atoms with Gasteiger partial charge in [0.05, 0.1) is 22.0 Å². The lowest BCUT2D eigenvalue weighted by Gasteiger charge is -2.11. The minimum atomic E-state index is -3.32. The fourth-order valence-corrected chi connectivity index (χ4v) is 4.58. The minimum Gasteiger partial charge on any atom is -0.506 e. The van der Waals surface area contributed by atoms with E-state index in [1.54, 1.807) is 75.5 Å².